The second-order valence-corrected chi connectivity index (χ2v) is 4.28. The first-order chi connectivity index (χ1) is 8.63. The molecule has 1 heterocycles. The first kappa shape index (κ1) is 12.4. The van der Waals surface area contributed by atoms with Crippen molar-refractivity contribution < 1.29 is 5.11 Å². The summed E-state index contributed by atoms with van der Waals surface area (Å²) in [6, 6.07) is 7.60. The maximum absolute atomic E-state index is 11.9. The van der Waals surface area contributed by atoms with Crippen LogP contribution in [-0.2, 0) is 6.42 Å². The van der Waals surface area contributed by atoms with E-state index in [0.717, 1.165) is 17.5 Å². The second kappa shape index (κ2) is 5.04. The molecule has 0 saturated carbocycles. The zero-order valence-electron chi connectivity index (χ0n) is 10.5. The molecule has 2 rings (SSSR count). The Hall–Kier alpha value is -2.10. The molecule has 18 heavy (non-hydrogen) atoms. The number of aromatic nitrogens is 2. The van der Waals surface area contributed by atoms with Gasteiger partial charge in [0.15, 0.2) is 0 Å². The van der Waals surface area contributed by atoms with E-state index in [1.807, 2.05) is 38.1 Å². The molecule has 0 saturated heterocycles. The Balaban J connectivity index is 2.55. The lowest BCUT2D eigenvalue weighted by atomic mass is 10.1. The van der Waals surface area contributed by atoms with Gasteiger partial charge in [0.25, 0.3) is 5.56 Å². The number of aryl methyl sites for hydroxylation is 1. The zero-order chi connectivity index (χ0) is 13.1. The molecular formula is C14H16N2O2. The van der Waals surface area contributed by atoms with Gasteiger partial charge in [-0.2, -0.15) is 4.98 Å². The van der Waals surface area contributed by atoms with Gasteiger partial charge in [0.2, 0.25) is 5.88 Å². The van der Waals surface area contributed by atoms with Crippen molar-refractivity contribution in [3.05, 3.63) is 45.7 Å². The van der Waals surface area contributed by atoms with Crippen molar-refractivity contribution in [3.8, 4) is 17.3 Å². The minimum absolute atomic E-state index is 0.168. The van der Waals surface area contributed by atoms with E-state index in [2.05, 4.69) is 9.97 Å². The molecule has 4 nitrogen and oxygen atoms in total. The number of H-pyrrole nitrogens is 1. The smallest absolute Gasteiger partial charge is 0.258 e. The van der Waals surface area contributed by atoms with E-state index in [1.165, 1.54) is 0 Å². The van der Waals surface area contributed by atoms with Crippen LogP contribution in [0.25, 0.3) is 11.4 Å². The third-order valence-corrected chi connectivity index (χ3v) is 2.89. The Labute approximate surface area is 105 Å². The van der Waals surface area contributed by atoms with Crippen LogP contribution in [0.2, 0.25) is 0 Å². The van der Waals surface area contributed by atoms with Crippen LogP contribution in [0.5, 0.6) is 5.88 Å². The monoisotopic (exact) mass is 244 g/mol. The van der Waals surface area contributed by atoms with E-state index in [1.54, 1.807) is 0 Å². The summed E-state index contributed by atoms with van der Waals surface area (Å²) in [6.45, 7) is 3.89. The molecule has 0 aliphatic rings. The molecule has 94 valence electrons. The minimum atomic E-state index is -0.261. The lowest BCUT2D eigenvalue weighted by Crippen LogP contribution is -2.15. The molecule has 0 amide bonds. The van der Waals surface area contributed by atoms with Crippen molar-refractivity contribution in [1.82, 2.24) is 9.97 Å². The molecule has 0 unspecified atom stereocenters. The fraction of sp³-hybridized carbons (Fsp3) is 0.286. The highest BCUT2D eigenvalue weighted by Crippen LogP contribution is 2.21. The van der Waals surface area contributed by atoms with Gasteiger partial charge in [-0.25, -0.2) is 0 Å². The van der Waals surface area contributed by atoms with Gasteiger partial charge in [-0.1, -0.05) is 37.6 Å². The molecule has 0 aliphatic carbocycles. The molecule has 0 aliphatic heterocycles. The Morgan fingerprint density at radius 3 is 2.67 bits per heavy atom. The second-order valence-electron chi connectivity index (χ2n) is 4.28. The Kier molecular flexibility index (Phi) is 3.46. The molecule has 0 spiro atoms. The van der Waals surface area contributed by atoms with Crippen molar-refractivity contribution in [2.45, 2.75) is 26.7 Å². The first-order valence-corrected chi connectivity index (χ1v) is 6.01. The Morgan fingerprint density at radius 2 is 2.06 bits per heavy atom. The zero-order valence-corrected chi connectivity index (χ0v) is 10.5. The molecule has 1 aromatic carbocycles. The minimum Gasteiger partial charge on any atom is -0.493 e. The summed E-state index contributed by atoms with van der Waals surface area (Å²) in [6.07, 6.45) is 1.32. The third-order valence-electron chi connectivity index (χ3n) is 2.89. The number of aromatic amines is 1. The van der Waals surface area contributed by atoms with Gasteiger partial charge >= 0.3 is 0 Å². The molecule has 2 N–H and O–H groups in total. The van der Waals surface area contributed by atoms with Gasteiger partial charge in [-0.15, -0.1) is 0 Å². The number of nitrogens with one attached hydrogen (secondary N) is 1. The third kappa shape index (κ3) is 2.27. The van der Waals surface area contributed by atoms with Crippen molar-refractivity contribution in [2.24, 2.45) is 0 Å². The number of hydrogen-bond donors (Lipinski definition) is 2. The number of rotatable bonds is 3. The van der Waals surface area contributed by atoms with Gasteiger partial charge in [0.1, 0.15) is 5.82 Å². The maximum Gasteiger partial charge on any atom is 0.258 e. The number of benzene rings is 1. The normalized spacial score (nSPS) is 10.6. The fourth-order valence-corrected chi connectivity index (χ4v) is 1.93. The Bertz CT molecular complexity index is 617. The lowest BCUT2D eigenvalue weighted by molar-refractivity contribution is 0.443. The summed E-state index contributed by atoms with van der Waals surface area (Å²) >= 11 is 0. The van der Waals surface area contributed by atoms with Gasteiger partial charge in [0.05, 0.1) is 5.56 Å². The quantitative estimate of drug-likeness (QED) is 0.871. The molecule has 4 heteroatoms. The highest BCUT2D eigenvalue weighted by Gasteiger charge is 2.11. The highest BCUT2D eigenvalue weighted by atomic mass is 16.3. The topological polar surface area (TPSA) is 66.0 Å². The van der Waals surface area contributed by atoms with Crippen molar-refractivity contribution in [1.29, 1.82) is 0 Å². The number of aromatic hydroxyl groups is 1. The summed E-state index contributed by atoms with van der Waals surface area (Å²) in [7, 11) is 0. The van der Waals surface area contributed by atoms with E-state index < -0.39 is 0 Å². The van der Waals surface area contributed by atoms with E-state index in [0.29, 0.717) is 17.8 Å². The largest absolute Gasteiger partial charge is 0.493 e. The van der Waals surface area contributed by atoms with E-state index in [4.69, 9.17) is 0 Å². The summed E-state index contributed by atoms with van der Waals surface area (Å²) in [4.78, 5) is 18.7. The van der Waals surface area contributed by atoms with Crippen LogP contribution in [0.4, 0.5) is 0 Å². The molecule has 0 fully saturated rings. The molecule has 0 bridgehead atoms. The van der Waals surface area contributed by atoms with Crippen LogP contribution >= 0.6 is 0 Å². The van der Waals surface area contributed by atoms with E-state index >= 15 is 0 Å². The van der Waals surface area contributed by atoms with Gasteiger partial charge in [-0.05, 0) is 18.9 Å². The van der Waals surface area contributed by atoms with Crippen LogP contribution < -0.4 is 5.56 Å². The van der Waals surface area contributed by atoms with Crippen LogP contribution in [-0.4, -0.2) is 15.1 Å². The van der Waals surface area contributed by atoms with Crippen LogP contribution in [0, 0.1) is 6.92 Å². The Morgan fingerprint density at radius 1 is 1.33 bits per heavy atom. The maximum atomic E-state index is 11.9. The van der Waals surface area contributed by atoms with Crippen molar-refractivity contribution in [2.75, 3.05) is 0 Å². The van der Waals surface area contributed by atoms with E-state index in [-0.39, 0.29) is 11.4 Å². The number of hydrogen-bond acceptors (Lipinski definition) is 3. The summed E-state index contributed by atoms with van der Waals surface area (Å²) in [5.74, 6) is 0.245. The predicted octanol–water partition coefficient (Wildman–Crippen LogP) is 2.40. The molecule has 2 aromatic rings. The lowest BCUT2D eigenvalue weighted by Gasteiger charge is -2.07. The van der Waals surface area contributed by atoms with Crippen LogP contribution in [0.1, 0.15) is 24.5 Å². The summed E-state index contributed by atoms with van der Waals surface area (Å²) in [5, 5.41) is 9.82. The van der Waals surface area contributed by atoms with Crippen LogP contribution in [0.15, 0.2) is 29.1 Å². The predicted molar refractivity (Wildman–Crippen MR) is 70.7 cm³/mol. The summed E-state index contributed by atoms with van der Waals surface area (Å²) in [5.41, 5.74) is 1.92. The fourth-order valence-electron chi connectivity index (χ4n) is 1.93. The van der Waals surface area contributed by atoms with Crippen molar-refractivity contribution in [3.63, 3.8) is 0 Å². The van der Waals surface area contributed by atoms with Crippen LogP contribution in [0.3, 0.4) is 0 Å². The highest BCUT2D eigenvalue weighted by molar-refractivity contribution is 5.60. The average molecular weight is 244 g/mol. The first-order valence-electron chi connectivity index (χ1n) is 6.01. The number of nitrogens with zero attached hydrogens (tertiary/aromatic N) is 1. The van der Waals surface area contributed by atoms with Gasteiger partial charge < -0.3 is 10.1 Å². The molecule has 0 atom stereocenters. The summed E-state index contributed by atoms with van der Waals surface area (Å²) < 4.78 is 0. The average Bonchev–Trinajstić information content (AvgIpc) is 2.34. The SMILES string of the molecule is CCCc1c(O)nc(-c2ccccc2C)[nH]c1=O. The molecular weight excluding hydrogens is 228 g/mol. The molecule has 1 aromatic heterocycles. The standard InChI is InChI=1S/C14H16N2O2/c1-3-6-11-13(17)15-12(16-14(11)18)10-8-5-4-7-9(10)2/h4-5,7-8H,3,6H2,1-2H3,(H2,15,16,17,18). The molecule has 0 radical (unpaired) electrons. The van der Waals surface area contributed by atoms with E-state index in [9.17, 15) is 9.90 Å². The van der Waals surface area contributed by atoms with Gasteiger partial charge in [-0.3, -0.25) is 4.79 Å². The van der Waals surface area contributed by atoms with Gasteiger partial charge in [0, 0.05) is 5.56 Å². The van der Waals surface area contributed by atoms with Crippen molar-refractivity contribution >= 4 is 0 Å².